The molecule has 0 radical (unpaired) electrons. The van der Waals surface area contributed by atoms with Crippen LogP contribution in [-0.2, 0) is 42.1 Å². The zero-order valence-corrected chi connectivity index (χ0v) is 16.1. The number of hydrogen-bond acceptors (Lipinski definition) is 5. The maximum atomic E-state index is 12.7. The average Bonchev–Trinajstić information content (AvgIpc) is 3.34. The normalized spacial score (nSPS) is 17.2. The van der Waals surface area contributed by atoms with E-state index in [0.717, 1.165) is 49.8 Å². The molecule has 2 amide bonds. The van der Waals surface area contributed by atoms with E-state index in [1.165, 1.54) is 34.6 Å². The predicted octanol–water partition coefficient (Wildman–Crippen LogP) is 3.12. The highest BCUT2D eigenvalue weighted by molar-refractivity contribution is 7.91. The maximum absolute atomic E-state index is 12.7. The third-order valence-corrected chi connectivity index (χ3v) is 6.50. The van der Waals surface area contributed by atoms with E-state index in [9.17, 15) is 9.00 Å². The van der Waals surface area contributed by atoms with Gasteiger partial charge in [0.1, 0.15) is 0 Å². The number of urea groups is 1. The molecule has 2 aliphatic rings. The molecular formula is C19H24N4O3S. The third-order valence-electron chi connectivity index (χ3n) is 5.24. The van der Waals surface area contributed by atoms with Gasteiger partial charge < -0.3 is 15.1 Å². The number of rotatable bonds is 5. The standard InChI is InChI=1S/C19H24N4O3S/c1-21-10-12-8-17(26-11-12)27(20,25)23-19(24)22-18-15-6-2-4-13(15)9-14-5-3-7-16(14)18/h8-9,11,21H,2-7,10H2,1H3,(H3,20,22,23,24,25)/t27-/m0/s1. The first-order valence-corrected chi connectivity index (χ1v) is 10.8. The Morgan fingerprint density at radius 2 is 1.81 bits per heavy atom. The molecule has 2 aromatic rings. The molecule has 1 heterocycles. The molecule has 0 unspecified atom stereocenters. The molecule has 0 bridgehead atoms. The van der Waals surface area contributed by atoms with Crippen molar-refractivity contribution >= 4 is 21.6 Å². The van der Waals surface area contributed by atoms with Crippen molar-refractivity contribution in [1.29, 1.82) is 4.78 Å². The molecule has 144 valence electrons. The van der Waals surface area contributed by atoms with Gasteiger partial charge in [-0.05, 0) is 67.8 Å². The zero-order chi connectivity index (χ0) is 19.0. The van der Waals surface area contributed by atoms with Crippen molar-refractivity contribution in [2.45, 2.75) is 50.2 Å². The first-order valence-electron chi connectivity index (χ1n) is 9.24. The van der Waals surface area contributed by atoms with Gasteiger partial charge in [-0.1, -0.05) is 6.07 Å². The molecule has 2 aliphatic carbocycles. The van der Waals surface area contributed by atoms with Gasteiger partial charge in [0.05, 0.1) is 6.26 Å². The number of carbonyl (C=O) groups excluding carboxylic acids is 1. The topological polar surface area (TPSA) is 107 Å². The van der Waals surface area contributed by atoms with E-state index in [-0.39, 0.29) is 5.09 Å². The van der Waals surface area contributed by atoms with Crippen LogP contribution in [0.15, 0.2) is 27.9 Å². The van der Waals surface area contributed by atoms with Crippen LogP contribution in [0.3, 0.4) is 0 Å². The Balaban J connectivity index is 1.55. The second-order valence-electron chi connectivity index (χ2n) is 7.15. The summed E-state index contributed by atoms with van der Waals surface area (Å²) >= 11 is 0. The molecule has 0 saturated heterocycles. The Kier molecular flexibility index (Phi) is 4.69. The summed E-state index contributed by atoms with van der Waals surface area (Å²) in [5.41, 5.74) is 6.63. The highest BCUT2D eigenvalue weighted by Crippen LogP contribution is 2.38. The molecular weight excluding hydrogens is 364 g/mol. The number of aryl methyl sites for hydroxylation is 2. The second kappa shape index (κ2) is 7.01. The van der Waals surface area contributed by atoms with Gasteiger partial charge in [-0.3, -0.25) is 0 Å². The molecule has 7 nitrogen and oxygen atoms in total. The van der Waals surface area contributed by atoms with Crippen LogP contribution >= 0.6 is 0 Å². The van der Waals surface area contributed by atoms with Crippen LogP contribution < -0.4 is 15.4 Å². The fraction of sp³-hybridized carbons (Fsp3) is 0.421. The van der Waals surface area contributed by atoms with Gasteiger partial charge in [-0.2, -0.15) is 0 Å². The molecule has 4 N–H and O–H groups in total. The number of benzene rings is 1. The van der Waals surface area contributed by atoms with Gasteiger partial charge >= 0.3 is 6.03 Å². The van der Waals surface area contributed by atoms with Crippen molar-refractivity contribution < 1.29 is 13.4 Å². The van der Waals surface area contributed by atoms with Gasteiger partial charge in [-0.15, -0.1) is 0 Å². The number of amides is 2. The van der Waals surface area contributed by atoms with E-state index in [2.05, 4.69) is 21.4 Å². The highest BCUT2D eigenvalue weighted by Gasteiger charge is 2.26. The lowest BCUT2D eigenvalue weighted by atomic mass is 9.99. The minimum Gasteiger partial charge on any atom is -0.452 e. The molecule has 0 fully saturated rings. The zero-order valence-electron chi connectivity index (χ0n) is 15.3. The fourth-order valence-electron chi connectivity index (χ4n) is 4.09. The lowest BCUT2D eigenvalue weighted by Gasteiger charge is -2.16. The van der Waals surface area contributed by atoms with Gasteiger partial charge in [-0.25, -0.2) is 18.5 Å². The van der Waals surface area contributed by atoms with E-state index in [0.29, 0.717) is 6.54 Å². The van der Waals surface area contributed by atoms with Crippen LogP contribution in [0.25, 0.3) is 0 Å². The number of hydrogen-bond donors (Lipinski definition) is 4. The Morgan fingerprint density at radius 1 is 1.15 bits per heavy atom. The monoisotopic (exact) mass is 388 g/mol. The molecule has 4 rings (SSSR count). The van der Waals surface area contributed by atoms with Crippen molar-refractivity contribution in [1.82, 2.24) is 10.0 Å². The SMILES string of the molecule is CNCc1coc([S@@](=N)(=O)NC(=O)Nc2c3c(cc4c2CCC4)CCC3)c1. The minimum atomic E-state index is -3.56. The van der Waals surface area contributed by atoms with Crippen molar-refractivity contribution in [3.63, 3.8) is 0 Å². The van der Waals surface area contributed by atoms with Crippen LogP contribution in [0.4, 0.5) is 10.5 Å². The van der Waals surface area contributed by atoms with Crippen molar-refractivity contribution in [3.05, 3.63) is 46.2 Å². The summed E-state index contributed by atoms with van der Waals surface area (Å²) < 4.78 is 28.2. The summed E-state index contributed by atoms with van der Waals surface area (Å²) in [6.07, 6.45) is 7.58. The summed E-state index contributed by atoms with van der Waals surface area (Å²) in [6, 6.07) is 3.19. The van der Waals surface area contributed by atoms with Crippen LogP contribution in [0.1, 0.15) is 40.7 Å². The fourth-order valence-corrected chi connectivity index (χ4v) is 5.00. The van der Waals surface area contributed by atoms with Crippen LogP contribution in [0.2, 0.25) is 0 Å². The van der Waals surface area contributed by atoms with E-state index in [1.807, 2.05) is 0 Å². The summed E-state index contributed by atoms with van der Waals surface area (Å²) in [7, 11) is -1.78. The van der Waals surface area contributed by atoms with Gasteiger partial charge in [0.15, 0.2) is 9.92 Å². The summed E-state index contributed by atoms with van der Waals surface area (Å²) in [5, 5.41) is 5.80. The predicted molar refractivity (Wildman–Crippen MR) is 103 cm³/mol. The molecule has 1 atom stereocenters. The Bertz CT molecular complexity index is 962. The molecule has 1 aromatic carbocycles. The molecule has 0 spiro atoms. The highest BCUT2D eigenvalue weighted by atomic mass is 32.2. The lowest BCUT2D eigenvalue weighted by molar-refractivity contribution is 0.256. The molecule has 0 saturated carbocycles. The van der Waals surface area contributed by atoms with Crippen molar-refractivity contribution in [2.24, 2.45) is 0 Å². The molecule has 1 aromatic heterocycles. The Morgan fingerprint density at radius 3 is 2.44 bits per heavy atom. The van der Waals surface area contributed by atoms with E-state index in [1.54, 1.807) is 7.05 Å². The van der Waals surface area contributed by atoms with Crippen LogP contribution in [0, 0.1) is 4.78 Å². The number of carbonyl (C=O) groups is 1. The second-order valence-corrected chi connectivity index (χ2v) is 8.87. The first kappa shape index (κ1) is 18.1. The van der Waals surface area contributed by atoms with Crippen LogP contribution in [-0.4, -0.2) is 17.3 Å². The number of fused-ring (bicyclic) bond motifs is 2. The average molecular weight is 388 g/mol. The third kappa shape index (κ3) is 3.46. The van der Waals surface area contributed by atoms with Gasteiger partial charge in [0.2, 0.25) is 5.09 Å². The van der Waals surface area contributed by atoms with E-state index < -0.39 is 15.9 Å². The summed E-state index contributed by atoms with van der Waals surface area (Å²) in [6.45, 7) is 0.535. The summed E-state index contributed by atoms with van der Waals surface area (Å²) in [5.74, 6) is 0. The minimum absolute atomic E-state index is 0.0496. The largest absolute Gasteiger partial charge is 0.452 e. The molecule has 8 heteroatoms. The molecule has 0 aliphatic heterocycles. The number of furan rings is 1. The van der Waals surface area contributed by atoms with Crippen molar-refractivity contribution in [3.8, 4) is 0 Å². The van der Waals surface area contributed by atoms with Gasteiger partial charge in [0.25, 0.3) is 0 Å². The first-order chi connectivity index (χ1) is 13.0. The van der Waals surface area contributed by atoms with Crippen LogP contribution in [0.5, 0.6) is 0 Å². The van der Waals surface area contributed by atoms with E-state index >= 15 is 0 Å². The Labute approximate surface area is 159 Å². The lowest BCUT2D eigenvalue weighted by Crippen LogP contribution is -2.34. The quantitative estimate of drug-likeness (QED) is 0.631. The number of nitrogens with one attached hydrogen (secondary N) is 4. The summed E-state index contributed by atoms with van der Waals surface area (Å²) in [4.78, 5) is 12.6. The smallest absolute Gasteiger partial charge is 0.332 e. The van der Waals surface area contributed by atoms with Gasteiger partial charge in [0, 0.05) is 23.9 Å². The number of anilines is 1. The van der Waals surface area contributed by atoms with Crippen molar-refractivity contribution in [2.75, 3.05) is 12.4 Å². The van der Waals surface area contributed by atoms with E-state index in [4.69, 9.17) is 9.20 Å². The molecule has 27 heavy (non-hydrogen) atoms. The Hall–Kier alpha value is -2.32. The maximum Gasteiger partial charge on any atom is 0.332 e.